The molecule has 0 spiro atoms. The van der Waals surface area contributed by atoms with Gasteiger partial charge in [-0.05, 0) is 18.2 Å². The lowest BCUT2D eigenvalue weighted by Gasteiger charge is -2.19. The molecule has 1 heterocycles. The van der Waals surface area contributed by atoms with Gasteiger partial charge in [-0.3, -0.25) is 9.59 Å². The topological polar surface area (TPSA) is 72.8 Å². The first-order valence-corrected chi connectivity index (χ1v) is 8.12. The van der Waals surface area contributed by atoms with Crippen LogP contribution >= 0.6 is 0 Å². The van der Waals surface area contributed by atoms with Gasteiger partial charge in [-0.1, -0.05) is 18.2 Å². The van der Waals surface area contributed by atoms with Gasteiger partial charge in [0.25, 0.3) is 0 Å². The number of ether oxygens (including phenoxy) is 2. The van der Waals surface area contributed by atoms with Crippen molar-refractivity contribution in [3.63, 3.8) is 0 Å². The van der Waals surface area contributed by atoms with E-state index in [0.717, 1.165) is 12.1 Å². The second kappa shape index (κ2) is 7.30. The van der Waals surface area contributed by atoms with Crippen molar-refractivity contribution < 1.29 is 37.3 Å². The Morgan fingerprint density at radius 1 is 1.00 bits per heavy atom. The quantitative estimate of drug-likeness (QED) is 0.793. The maximum Gasteiger partial charge on any atom is 0.417 e. The first-order valence-electron chi connectivity index (χ1n) is 8.12. The van der Waals surface area contributed by atoms with E-state index in [2.05, 4.69) is 0 Å². The van der Waals surface area contributed by atoms with E-state index < -0.39 is 28.9 Å². The molecule has 2 aromatic carbocycles. The Kier molecular flexibility index (Phi) is 5.07. The first kappa shape index (κ1) is 18.8. The standard InChI is InChI=1S/C19H15F3O5/c20-19(21,22)13-4-2-1-3-12(13)15(24)6-5-14(23)11-9-16(25)18-17(10-11)26-7-8-27-18/h1-4,9-10,25H,5-8H2. The zero-order valence-corrected chi connectivity index (χ0v) is 14.0. The Labute approximate surface area is 152 Å². The van der Waals surface area contributed by atoms with Crippen molar-refractivity contribution >= 4 is 11.6 Å². The van der Waals surface area contributed by atoms with Gasteiger partial charge in [0, 0.05) is 24.0 Å². The van der Waals surface area contributed by atoms with Crippen molar-refractivity contribution in [1.82, 2.24) is 0 Å². The maximum atomic E-state index is 13.0. The third-order valence-electron chi connectivity index (χ3n) is 4.06. The van der Waals surface area contributed by atoms with Crippen LogP contribution in [-0.4, -0.2) is 29.9 Å². The van der Waals surface area contributed by atoms with E-state index in [-0.39, 0.29) is 48.9 Å². The molecule has 1 N–H and O–H groups in total. The van der Waals surface area contributed by atoms with Gasteiger partial charge >= 0.3 is 6.18 Å². The monoisotopic (exact) mass is 380 g/mol. The lowest BCUT2D eigenvalue weighted by molar-refractivity contribution is -0.137. The van der Waals surface area contributed by atoms with Crippen LogP contribution in [0, 0.1) is 0 Å². The largest absolute Gasteiger partial charge is 0.504 e. The fraction of sp³-hybridized carbons (Fsp3) is 0.263. The molecule has 0 unspecified atom stereocenters. The average molecular weight is 380 g/mol. The summed E-state index contributed by atoms with van der Waals surface area (Å²) in [5.74, 6) is -1.21. The Morgan fingerprint density at radius 3 is 2.41 bits per heavy atom. The van der Waals surface area contributed by atoms with Crippen LogP contribution in [-0.2, 0) is 6.18 Å². The molecule has 27 heavy (non-hydrogen) atoms. The molecule has 2 aromatic rings. The summed E-state index contributed by atoms with van der Waals surface area (Å²) in [4.78, 5) is 24.5. The molecule has 1 aliphatic heterocycles. The number of alkyl halides is 3. The summed E-state index contributed by atoms with van der Waals surface area (Å²) in [5, 5.41) is 9.92. The Morgan fingerprint density at radius 2 is 1.67 bits per heavy atom. The van der Waals surface area contributed by atoms with Crippen LogP contribution < -0.4 is 9.47 Å². The van der Waals surface area contributed by atoms with Gasteiger partial charge in [0.05, 0.1) is 5.56 Å². The number of aromatic hydroxyl groups is 1. The minimum atomic E-state index is -4.65. The maximum absolute atomic E-state index is 13.0. The van der Waals surface area contributed by atoms with Crippen molar-refractivity contribution in [3.8, 4) is 17.2 Å². The number of phenolic OH excluding ortho intramolecular Hbond substituents is 1. The molecule has 0 aromatic heterocycles. The lowest BCUT2D eigenvalue weighted by atomic mass is 9.97. The van der Waals surface area contributed by atoms with E-state index in [4.69, 9.17) is 9.47 Å². The van der Waals surface area contributed by atoms with E-state index >= 15 is 0 Å². The number of hydrogen-bond acceptors (Lipinski definition) is 5. The molecule has 5 nitrogen and oxygen atoms in total. The highest BCUT2D eigenvalue weighted by molar-refractivity contribution is 6.03. The highest BCUT2D eigenvalue weighted by atomic mass is 19.4. The molecule has 142 valence electrons. The van der Waals surface area contributed by atoms with Crippen molar-refractivity contribution in [1.29, 1.82) is 0 Å². The van der Waals surface area contributed by atoms with E-state index in [1.54, 1.807) is 0 Å². The summed E-state index contributed by atoms with van der Waals surface area (Å²) in [6.07, 6.45) is -5.34. The van der Waals surface area contributed by atoms with E-state index in [1.807, 2.05) is 0 Å². The second-order valence-electron chi connectivity index (χ2n) is 5.91. The molecule has 0 bridgehead atoms. The average Bonchev–Trinajstić information content (AvgIpc) is 2.65. The molecule has 0 amide bonds. The smallest absolute Gasteiger partial charge is 0.417 e. The molecular weight excluding hydrogens is 365 g/mol. The van der Waals surface area contributed by atoms with Gasteiger partial charge < -0.3 is 14.6 Å². The number of phenols is 1. The number of carbonyl (C=O) groups is 2. The molecule has 3 rings (SSSR count). The predicted octanol–water partition coefficient (Wildman–Crippen LogP) is 4.03. The summed E-state index contributed by atoms with van der Waals surface area (Å²) in [5.41, 5.74) is -1.41. The Balaban J connectivity index is 1.73. The zero-order valence-electron chi connectivity index (χ0n) is 14.0. The van der Waals surface area contributed by atoms with Gasteiger partial charge in [-0.2, -0.15) is 13.2 Å². The van der Waals surface area contributed by atoms with Gasteiger partial charge in [0.2, 0.25) is 5.75 Å². The van der Waals surface area contributed by atoms with Crippen molar-refractivity contribution in [2.24, 2.45) is 0 Å². The van der Waals surface area contributed by atoms with Crippen molar-refractivity contribution in [2.45, 2.75) is 19.0 Å². The van der Waals surface area contributed by atoms with E-state index in [1.165, 1.54) is 24.3 Å². The van der Waals surface area contributed by atoms with Crippen molar-refractivity contribution in [2.75, 3.05) is 13.2 Å². The summed E-state index contributed by atoms with van der Waals surface area (Å²) in [6, 6.07) is 7.01. The van der Waals surface area contributed by atoms with Crippen LogP contribution in [0.15, 0.2) is 36.4 Å². The molecule has 8 heteroatoms. The number of benzene rings is 2. The van der Waals surface area contributed by atoms with Gasteiger partial charge in [0.15, 0.2) is 23.1 Å². The summed E-state index contributed by atoms with van der Waals surface area (Å²) in [6.45, 7) is 0.526. The van der Waals surface area contributed by atoms with Crippen LogP contribution in [0.2, 0.25) is 0 Å². The van der Waals surface area contributed by atoms with Crippen LogP contribution in [0.5, 0.6) is 17.2 Å². The SMILES string of the molecule is O=C(CCC(=O)c1ccccc1C(F)(F)F)c1cc(O)c2c(c1)OCCO2. The molecule has 0 radical (unpaired) electrons. The molecule has 0 atom stereocenters. The minimum Gasteiger partial charge on any atom is -0.504 e. The number of ketones is 2. The number of hydrogen-bond donors (Lipinski definition) is 1. The zero-order chi connectivity index (χ0) is 19.6. The van der Waals surface area contributed by atoms with E-state index in [9.17, 15) is 27.9 Å². The molecule has 0 aliphatic carbocycles. The molecule has 0 saturated heterocycles. The summed E-state index contributed by atoms with van der Waals surface area (Å²) in [7, 11) is 0. The molecular formula is C19H15F3O5. The minimum absolute atomic E-state index is 0.0913. The third kappa shape index (κ3) is 4.05. The fourth-order valence-electron chi connectivity index (χ4n) is 2.78. The number of Topliss-reactive ketones (excluding diaryl/α,β-unsaturated/α-hetero) is 2. The predicted molar refractivity (Wildman–Crippen MR) is 88.4 cm³/mol. The van der Waals surface area contributed by atoms with Crippen LogP contribution in [0.3, 0.4) is 0 Å². The molecule has 0 fully saturated rings. The highest BCUT2D eigenvalue weighted by Crippen LogP contribution is 2.40. The molecule has 0 saturated carbocycles. The second-order valence-corrected chi connectivity index (χ2v) is 5.91. The summed E-state index contributed by atoms with van der Waals surface area (Å²) >= 11 is 0. The van der Waals surface area contributed by atoms with Crippen LogP contribution in [0.1, 0.15) is 39.1 Å². The lowest BCUT2D eigenvalue weighted by Crippen LogP contribution is -2.16. The van der Waals surface area contributed by atoms with Gasteiger partial charge in [0.1, 0.15) is 13.2 Å². The van der Waals surface area contributed by atoms with Gasteiger partial charge in [-0.15, -0.1) is 0 Å². The van der Waals surface area contributed by atoms with Gasteiger partial charge in [-0.25, -0.2) is 0 Å². The van der Waals surface area contributed by atoms with Crippen molar-refractivity contribution in [3.05, 3.63) is 53.1 Å². The Bertz CT molecular complexity index is 889. The normalized spacial score (nSPS) is 13.3. The third-order valence-corrected chi connectivity index (χ3v) is 4.06. The van der Waals surface area contributed by atoms with Crippen LogP contribution in [0.25, 0.3) is 0 Å². The number of halogens is 3. The number of rotatable bonds is 5. The highest BCUT2D eigenvalue weighted by Gasteiger charge is 2.34. The summed E-state index contributed by atoms with van der Waals surface area (Å²) < 4.78 is 49.6. The number of fused-ring (bicyclic) bond motifs is 1. The first-order chi connectivity index (χ1) is 12.8. The van der Waals surface area contributed by atoms with E-state index in [0.29, 0.717) is 0 Å². The number of carbonyl (C=O) groups excluding carboxylic acids is 2. The Hall–Kier alpha value is -3.03. The van der Waals surface area contributed by atoms with Crippen LogP contribution in [0.4, 0.5) is 13.2 Å². The molecule has 1 aliphatic rings. The fourth-order valence-corrected chi connectivity index (χ4v) is 2.78.